The molecule has 0 atom stereocenters. The van der Waals surface area contributed by atoms with Crippen LogP contribution in [0.1, 0.15) is 24.0 Å². The normalized spacial score (nSPS) is 14.2. The molecule has 1 aliphatic carbocycles. The Morgan fingerprint density at radius 3 is 2.62 bits per heavy atom. The van der Waals surface area contributed by atoms with Gasteiger partial charge in [-0.2, -0.15) is 0 Å². The van der Waals surface area contributed by atoms with E-state index in [4.69, 9.17) is 4.74 Å². The molecule has 0 radical (unpaired) electrons. The summed E-state index contributed by atoms with van der Waals surface area (Å²) in [5.74, 6) is 1.73. The summed E-state index contributed by atoms with van der Waals surface area (Å²) in [6, 6.07) is 13.0. The molecule has 0 unspecified atom stereocenters. The first-order valence-corrected chi connectivity index (χ1v) is 8.66. The molecule has 0 saturated heterocycles. The van der Waals surface area contributed by atoms with Gasteiger partial charge in [-0.05, 0) is 65.5 Å². The predicted octanol–water partition coefficient (Wildman–Crippen LogP) is 5.56. The van der Waals surface area contributed by atoms with Gasteiger partial charge in [0.1, 0.15) is 11.5 Å². The lowest BCUT2D eigenvalue weighted by atomic mass is 10.2. The summed E-state index contributed by atoms with van der Waals surface area (Å²) in [5.41, 5.74) is 2.39. The van der Waals surface area contributed by atoms with Crippen LogP contribution in [0, 0.1) is 6.92 Å². The van der Waals surface area contributed by atoms with Gasteiger partial charge in [0.05, 0.1) is 4.47 Å². The minimum atomic E-state index is 0.688. The zero-order valence-corrected chi connectivity index (χ0v) is 15.0. The maximum atomic E-state index is 6.11. The standard InChI is InChI=1S/C17H17Br2NO/c1-11-2-7-16(15(19)8-11)21-17-9-13(18)4-3-12(17)10-20-14-5-6-14/h2-4,7-9,14,20H,5-6,10H2,1H3. The molecule has 1 saturated carbocycles. The first-order valence-electron chi connectivity index (χ1n) is 7.07. The van der Waals surface area contributed by atoms with Crippen LogP contribution >= 0.6 is 31.9 Å². The van der Waals surface area contributed by atoms with E-state index in [-0.39, 0.29) is 0 Å². The molecule has 0 amide bonds. The van der Waals surface area contributed by atoms with Crippen molar-refractivity contribution in [3.8, 4) is 11.5 Å². The van der Waals surface area contributed by atoms with Crippen molar-refractivity contribution in [2.24, 2.45) is 0 Å². The topological polar surface area (TPSA) is 21.3 Å². The zero-order chi connectivity index (χ0) is 14.8. The molecule has 1 aliphatic rings. The Labute approximate surface area is 142 Å². The maximum Gasteiger partial charge on any atom is 0.141 e. The minimum Gasteiger partial charge on any atom is -0.456 e. The molecule has 2 aromatic carbocycles. The van der Waals surface area contributed by atoms with Gasteiger partial charge >= 0.3 is 0 Å². The Balaban J connectivity index is 1.83. The summed E-state index contributed by atoms with van der Waals surface area (Å²) in [5, 5.41) is 3.54. The van der Waals surface area contributed by atoms with Crippen LogP contribution in [0.5, 0.6) is 11.5 Å². The fourth-order valence-corrected chi connectivity index (χ4v) is 3.03. The summed E-state index contributed by atoms with van der Waals surface area (Å²) in [6.45, 7) is 2.91. The molecule has 0 spiro atoms. The smallest absolute Gasteiger partial charge is 0.141 e. The van der Waals surface area contributed by atoms with Crippen molar-refractivity contribution in [2.45, 2.75) is 32.4 Å². The molecule has 3 rings (SSSR count). The van der Waals surface area contributed by atoms with Crippen LogP contribution in [0.15, 0.2) is 45.3 Å². The molecular weight excluding hydrogens is 394 g/mol. The van der Waals surface area contributed by atoms with Crippen molar-refractivity contribution in [3.05, 3.63) is 56.5 Å². The number of halogens is 2. The molecule has 21 heavy (non-hydrogen) atoms. The van der Waals surface area contributed by atoms with Gasteiger partial charge in [0.15, 0.2) is 0 Å². The highest BCUT2D eigenvalue weighted by molar-refractivity contribution is 9.10. The summed E-state index contributed by atoms with van der Waals surface area (Å²) in [6.07, 6.45) is 2.58. The van der Waals surface area contributed by atoms with Gasteiger partial charge in [0.25, 0.3) is 0 Å². The molecular formula is C17H17Br2NO. The highest BCUT2D eigenvalue weighted by Gasteiger charge is 2.20. The fourth-order valence-electron chi connectivity index (χ4n) is 2.12. The van der Waals surface area contributed by atoms with Crippen LogP contribution in [0.4, 0.5) is 0 Å². The van der Waals surface area contributed by atoms with Crippen LogP contribution in [0.3, 0.4) is 0 Å². The Morgan fingerprint density at radius 1 is 1.10 bits per heavy atom. The van der Waals surface area contributed by atoms with Gasteiger partial charge in [-0.25, -0.2) is 0 Å². The first-order chi connectivity index (χ1) is 10.1. The molecule has 0 aliphatic heterocycles. The molecule has 2 nitrogen and oxygen atoms in total. The van der Waals surface area contributed by atoms with Gasteiger partial charge < -0.3 is 10.1 Å². The lowest BCUT2D eigenvalue weighted by molar-refractivity contribution is 0.469. The number of ether oxygens (including phenoxy) is 1. The second kappa shape index (κ2) is 6.51. The third-order valence-electron chi connectivity index (χ3n) is 3.50. The molecule has 1 fully saturated rings. The van der Waals surface area contributed by atoms with Crippen LogP contribution in [-0.4, -0.2) is 6.04 Å². The Morgan fingerprint density at radius 2 is 1.90 bits per heavy atom. The number of benzene rings is 2. The van der Waals surface area contributed by atoms with Gasteiger partial charge in [-0.3, -0.25) is 0 Å². The first kappa shape index (κ1) is 15.1. The van der Waals surface area contributed by atoms with Crippen molar-refractivity contribution in [2.75, 3.05) is 0 Å². The molecule has 4 heteroatoms. The van der Waals surface area contributed by atoms with E-state index in [2.05, 4.69) is 68.4 Å². The number of aryl methyl sites for hydroxylation is 1. The van der Waals surface area contributed by atoms with E-state index in [0.29, 0.717) is 6.04 Å². The second-order valence-corrected chi connectivity index (χ2v) is 7.21. The monoisotopic (exact) mass is 409 g/mol. The lowest BCUT2D eigenvalue weighted by Gasteiger charge is -2.14. The maximum absolute atomic E-state index is 6.11. The van der Waals surface area contributed by atoms with Crippen molar-refractivity contribution < 1.29 is 4.74 Å². The number of nitrogens with one attached hydrogen (secondary N) is 1. The quantitative estimate of drug-likeness (QED) is 0.696. The minimum absolute atomic E-state index is 0.688. The van der Waals surface area contributed by atoms with Gasteiger partial charge in [-0.1, -0.05) is 28.1 Å². The summed E-state index contributed by atoms with van der Waals surface area (Å²) < 4.78 is 8.11. The Bertz CT molecular complexity index is 653. The number of hydrogen-bond donors (Lipinski definition) is 1. The average Bonchev–Trinajstić information content (AvgIpc) is 3.25. The van der Waals surface area contributed by atoms with Gasteiger partial charge in [0, 0.05) is 22.6 Å². The third kappa shape index (κ3) is 4.09. The molecule has 0 bridgehead atoms. The summed E-state index contributed by atoms with van der Waals surface area (Å²) in [4.78, 5) is 0. The largest absolute Gasteiger partial charge is 0.456 e. The molecule has 2 aromatic rings. The van der Waals surface area contributed by atoms with E-state index < -0.39 is 0 Å². The fraction of sp³-hybridized carbons (Fsp3) is 0.294. The van der Waals surface area contributed by atoms with Crippen LogP contribution in [0.2, 0.25) is 0 Å². The van der Waals surface area contributed by atoms with E-state index in [1.54, 1.807) is 0 Å². The van der Waals surface area contributed by atoms with Gasteiger partial charge in [-0.15, -0.1) is 0 Å². The van der Waals surface area contributed by atoms with Crippen molar-refractivity contribution in [3.63, 3.8) is 0 Å². The zero-order valence-electron chi connectivity index (χ0n) is 11.8. The van der Waals surface area contributed by atoms with Crippen LogP contribution in [-0.2, 0) is 6.54 Å². The van der Waals surface area contributed by atoms with E-state index in [1.165, 1.54) is 24.0 Å². The summed E-state index contributed by atoms with van der Waals surface area (Å²) in [7, 11) is 0. The number of rotatable bonds is 5. The van der Waals surface area contributed by atoms with Crippen molar-refractivity contribution in [1.29, 1.82) is 0 Å². The molecule has 110 valence electrons. The molecule has 0 heterocycles. The molecule has 1 N–H and O–H groups in total. The van der Waals surface area contributed by atoms with Crippen molar-refractivity contribution in [1.82, 2.24) is 5.32 Å². The van der Waals surface area contributed by atoms with Crippen LogP contribution < -0.4 is 10.1 Å². The molecule has 0 aromatic heterocycles. The Kier molecular flexibility index (Phi) is 4.67. The van der Waals surface area contributed by atoms with Crippen molar-refractivity contribution >= 4 is 31.9 Å². The van der Waals surface area contributed by atoms with Gasteiger partial charge in [0.2, 0.25) is 0 Å². The summed E-state index contributed by atoms with van der Waals surface area (Å²) >= 11 is 7.09. The SMILES string of the molecule is Cc1ccc(Oc2cc(Br)ccc2CNC2CC2)c(Br)c1. The average molecular weight is 411 g/mol. The highest BCUT2D eigenvalue weighted by atomic mass is 79.9. The lowest BCUT2D eigenvalue weighted by Crippen LogP contribution is -2.15. The third-order valence-corrected chi connectivity index (χ3v) is 4.61. The second-order valence-electron chi connectivity index (χ2n) is 5.44. The predicted molar refractivity (Wildman–Crippen MR) is 93.0 cm³/mol. The Hall–Kier alpha value is -0.840. The highest BCUT2D eigenvalue weighted by Crippen LogP contribution is 2.34. The van der Waals surface area contributed by atoms with E-state index >= 15 is 0 Å². The van der Waals surface area contributed by atoms with E-state index in [1.807, 2.05) is 12.1 Å². The van der Waals surface area contributed by atoms with Crippen LogP contribution in [0.25, 0.3) is 0 Å². The number of hydrogen-bond acceptors (Lipinski definition) is 2. The van der Waals surface area contributed by atoms with E-state index in [0.717, 1.165) is 27.0 Å². The van der Waals surface area contributed by atoms with E-state index in [9.17, 15) is 0 Å².